The van der Waals surface area contributed by atoms with E-state index in [-0.39, 0.29) is 22.7 Å². The zero-order valence-corrected chi connectivity index (χ0v) is 25.1. The summed E-state index contributed by atoms with van der Waals surface area (Å²) in [6, 6.07) is 0. The van der Waals surface area contributed by atoms with E-state index in [2.05, 4.69) is 13.8 Å². The molecule has 232 valence electrons. The Bertz CT molecular complexity index is 910. The summed E-state index contributed by atoms with van der Waals surface area (Å²) < 4.78 is 74.8. The summed E-state index contributed by atoms with van der Waals surface area (Å²) >= 11 is 0. The Morgan fingerprint density at radius 3 is 2.25 bits per heavy atom. The second-order valence-corrected chi connectivity index (χ2v) is 15.8. The Balaban J connectivity index is 1.22. The molecule has 0 aromatic carbocycles. The molecule has 2 unspecified atom stereocenters. The smallest absolute Gasteiger partial charge is 0.393 e. The van der Waals surface area contributed by atoms with Crippen LogP contribution in [0.5, 0.6) is 0 Å². The van der Waals surface area contributed by atoms with Crippen LogP contribution in [-0.2, 0) is 15.6 Å². The van der Waals surface area contributed by atoms with Gasteiger partial charge in [-0.25, -0.2) is 0 Å². The average Bonchev–Trinajstić information content (AvgIpc) is 3.17. The van der Waals surface area contributed by atoms with Gasteiger partial charge in [0.25, 0.3) is 0 Å². The van der Waals surface area contributed by atoms with Crippen molar-refractivity contribution < 1.29 is 36.1 Å². The highest BCUT2D eigenvalue weighted by Crippen LogP contribution is 2.67. The molecular formula is C31H49F5O3S. The number of carbonyl (C=O) groups excluding carboxylic acids is 1. The van der Waals surface area contributed by atoms with Gasteiger partial charge < -0.3 is 5.11 Å². The number of hydrogen-bond acceptors (Lipinski definition) is 3. The molecule has 9 atom stereocenters. The second-order valence-electron chi connectivity index (χ2n) is 14.1. The molecule has 0 aromatic heterocycles. The fourth-order valence-electron chi connectivity index (χ4n) is 9.39. The van der Waals surface area contributed by atoms with Crippen LogP contribution in [0.4, 0.5) is 22.0 Å². The van der Waals surface area contributed by atoms with Crippen molar-refractivity contribution in [3.63, 3.8) is 0 Å². The lowest BCUT2D eigenvalue weighted by atomic mass is 9.42. The van der Waals surface area contributed by atoms with E-state index >= 15 is 0 Å². The second kappa shape index (κ2) is 12.6. The molecule has 0 aromatic rings. The Hall–Kier alpha value is -0.570. The molecule has 0 radical (unpaired) electrons. The molecule has 4 rings (SSSR count). The maximum Gasteiger partial charge on any atom is 0.453 e. The summed E-state index contributed by atoms with van der Waals surface area (Å²) in [5.74, 6) is -1.18. The summed E-state index contributed by atoms with van der Waals surface area (Å²) in [4.78, 5) is 12.4. The van der Waals surface area contributed by atoms with Gasteiger partial charge in [-0.1, -0.05) is 46.0 Å². The van der Waals surface area contributed by atoms with E-state index < -0.39 is 35.7 Å². The first-order valence-corrected chi connectivity index (χ1v) is 17.2. The number of hydrogen-bond donors (Lipinski definition) is 1. The number of ketones is 1. The molecule has 9 heteroatoms. The molecule has 1 N–H and O–H groups in total. The van der Waals surface area contributed by atoms with E-state index in [4.69, 9.17) is 0 Å². The molecule has 0 amide bonds. The fraction of sp³-hybridized carbons (Fsp3) is 0.968. The summed E-state index contributed by atoms with van der Waals surface area (Å²) in [7, 11) is -1.37. The molecule has 40 heavy (non-hydrogen) atoms. The number of unbranched alkanes of at least 4 members (excludes halogenated alkanes) is 4. The van der Waals surface area contributed by atoms with E-state index in [0.717, 1.165) is 83.5 Å². The number of Topliss-reactive ketones (excluding diaryl/α,β-unsaturated/α-hetero) is 1. The maximum absolute atomic E-state index is 13.0. The molecule has 0 bridgehead atoms. The van der Waals surface area contributed by atoms with Gasteiger partial charge in [0.05, 0.1) is 6.10 Å². The van der Waals surface area contributed by atoms with Crippen LogP contribution < -0.4 is 0 Å². The zero-order valence-electron chi connectivity index (χ0n) is 24.3. The fourth-order valence-corrected chi connectivity index (χ4v) is 10.6. The lowest BCUT2D eigenvalue weighted by Crippen LogP contribution is -2.57. The van der Waals surface area contributed by atoms with Crippen LogP contribution in [-0.4, -0.2) is 44.8 Å². The number of aliphatic hydroxyl groups excluding tert-OH is 1. The minimum atomic E-state index is -5.55. The van der Waals surface area contributed by atoms with Gasteiger partial charge in [0, 0.05) is 41.6 Å². The van der Waals surface area contributed by atoms with Crippen LogP contribution >= 0.6 is 0 Å². The molecule has 3 nitrogen and oxygen atoms in total. The molecule has 0 heterocycles. The van der Waals surface area contributed by atoms with Crippen molar-refractivity contribution in [3.05, 3.63) is 0 Å². The van der Waals surface area contributed by atoms with Gasteiger partial charge in [0.15, 0.2) is 0 Å². The van der Waals surface area contributed by atoms with Crippen molar-refractivity contribution in [2.24, 2.45) is 40.4 Å². The molecule has 0 saturated heterocycles. The molecule has 4 fully saturated rings. The number of aliphatic hydroxyl groups is 1. The van der Waals surface area contributed by atoms with Gasteiger partial charge in [-0.2, -0.15) is 22.0 Å². The third-order valence-electron chi connectivity index (χ3n) is 11.8. The van der Waals surface area contributed by atoms with Crippen LogP contribution in [0.15, 0.2) is 0 Å². The number of rotatable bonds is 12. The predicted octanol–water partition coefficient (Wildman–Crippen LogP) is 8.25. The summed E-state index contributed by atoms with van der Waals surface area (Å²) in [5, 5.41) is 10.9. The zero-order chi connectivity index (χ0) is 29.3. The molecule has 4 aliphatic rings. The van der Waals surface area contributed by atoms with E-state index in [1.807, 2.05) is 0 Å². The summed E-state index contributed by atoms with van der Waals surface area (Å²) in [6.45, 7) is 4.77. The molecular weight excluding hydrogens is 547 g/mol. The Morgan fingerprint density at radius 2 is 1.52 bits per heavy atom. The molecule has 0 spiro atoms. The van der Waals surface area contributed by atoms with E-state index in [0.29, 0.717) is 47.5 Å². The monoisotopic (exact) mass is 596 g/mol. The van der Waals surface area contributed by atoms with Gasteiger partial charge in [-0.15, -0.1) is 0 Å². The predicted molar refractivity (Wildman–Crippen MR) is 147 cm³/mol. The minimum Gasteiger partial charge on any atom is -0.393 e. The SMILES string of the molecule is C[C@]12CC[C@H]3[C@@H]([C@H](CCCCCCCS(=O)CCCC(F)(F)C(F)(F)F)CC4CC(=O)CC[C@@]43C)[C@@H]1CC[C@@H]2O. The normalized spacial score (nSPS) is 39.0. The van der Waals surface area contributed by atoms with Gasteiger partial charge in [-0.3, -0.25) is 9.00 Å². The number of halogens is 5. The Morgan fingerprint density at radius 1 is 0.875 bits per heavy atom. The quantitative estimate of drug-likeness (QED) is 0.182. The standard InChI is InChI=1S/C31H49F5O3S/c1-28-15-12-23(37)20-22(28)19-21(27-24-10-11-26(38)29(24,2)16-13-25(27)28)9-6-4-3-5-7-17-40(39)18-8-14-30(32,33)31(34,35)36/h21-22,24-27,38H,3-20H2,1-2H3/t21-,22?,24+,25+,26+,27+,28+,29+,40?/m1/s1. The lowest BCUT2D eigenvalue weighted by Gasteiger charge is -2.62. The first-order valence-electron chi connectivity index (χ1n) is 15.7. The summed E-state index contributed by atoms with van der Waals surface area (Å²) in [6.07, 6.45) is 6.27. The molecule has 4 aliphatic carbocycles. The largest absolute Gasteiger partial charge is 0.453 e. The first-order chi connectivity index (χ1) is 18.7. The van der Waals surface area contributed by atoms with Crippen molar-refractivity contribution in [1.29, 1.82) is 0 Å². The van der Waals surface area contributed by atoms with Gasteiger partial charge in [0.1, 0.15) is 5.78 Å². The van der Waals surface area contributed by atoms with Gasteiger partial charge in [-0.05, 0) is 91.8 Å². The van der Waals surface area contributed by atoms with Crippen molar-refractivity contribution in [2.75, 3.05) is 11.5 Å². The Kier molecular flexibility index (Phi) is 10.2. The van der Waals surface area contributed by atoms with Gasteiger partial charge >= 0.3 is 12.1 Å². The highest BCUT2D eigenvalue weighted by molar-refractivity contribution is 7.84. The minimum absolute atomic E-state index is 0.0192. The summed E-state index contributed by atoms with van der Waals surface area (Å²) in [5.41, 5.74) is 0.258. The van der Waals surface area contributed by atoms with Crippen LogP contribution in [0.1, 0.15) is 117 Å². The average molecular weight is 597 g/mol. The van der Waals surface area contributed by atoms with Crippen LogP contribution in [0, 0.1) is 40.4 Å². The number of carbonyl (C=O) groups is 1. The van der Waals surface area contributed by atoms with Crippen molar-refractivity contribution >= 4 is 16.6 Å². The van der Waals surface area contributed by atoms with E-state index in [1.54, 1.807) is 0 Å². The number of alkyl halides is 5. The van der Waals surface area contributed by atoms with E-state index in [1.165, 1.54) is 0 Å². The van der Waals surface area contributed by atoms with Crippen LogP contribution in [0.25, 0.3) is 0 Å². The topological polar surface area (TPSA) is 54.4 Å². The highest BCUT2D eigenvalue weighted by atomic mass is 32.2. The number of fused-ring (bicyclic) bond motifs is 5. The molecule has 4 saturated carbocycles. The Labute approximate surface area is 239 Å². The van der Waals surface area contributed by atoms with Crippen molar-refractivity contribution in [1.82, 2.24) is 0 Å². The van der Waals surface area contributed by atoms with Crippen molar-refractivity contribution in [3.8, 4) is 0 Å². The third-order valence-corrected chi connectivity index (χ3v) is 13.3. The molecule has 0 aliphatic heterocycles. The van der Waals surface area contributed by atoms with Gasteiger partial charge in [0.2, 0.25) is 0 Å². The van der Waals surface area contributed by atoms with Crippen molar-refractivity contribution in [2.45, 2.75) is 135 Å². The third kappa shape index (κ3) is 6.65. The van der Waals surface area contributed by atoms with Crippen LogP contribution in [0.2, 0.25) is 0 Å². The van der Waals surface area contributed by atoms with E-state index in [9.17, 15) is 36.1 Å². The lowest BCUT2D eigenvalue weighted by molar-refractivity contribution is -0.284. The van der Waals surface area contributed by atoms with Crippen LogP contribution in [0.3, 0.4) is 0 Å². The maximum atomic E-state index is 13.0. The highest BCUT2D eigenvalue weighted by Gasteiger charge is 2.62. The first kappa shape index (κ1) is 32.3.